The number of fused-ring (bicyclic) bond motifs is 1. The lowest BCUT2D eigenvalue weighted by atomic mass is 9.97. The van der Waals surface area contributed by atoms with E-state index in [0.717, 1.165) is 60.8 Å². The maximum Gasteiger partial charge on any atom is 0.490 e. The van der Waals surface area contributed by atoms with Gasteiger partial charge in [-0.2, -0.15) is 23.4 Å². The predicted octanol–water partition coefficient (Wildman–Crippen LogP) is 4.15. The number of benzene rings is 1. The van der Waals surface area contributed by atoms with Gasteiger partial charge in [-0.25, -0.2) is 14.3 Å². The monoisotopic (exact) mass is 516 g/mol. The van der Waals surface area contributed by atoms with Gasteiger partial charge in [0.2, 0.25) is 0 Å². The topological polar surface area (TPSA) is 97.8 Å². The van der Waals surface area contributed by atoms with Crippen molar-refractivity contribution in [3.8, 4) is 16.9 Å². The van der Waals surface area contributed by atoms with Crippen molar-refractivity contribution in [2.45, 2.75) is 31.5 Å². The summed E-state index contributed by atoms with van der Waals surface area (Å²) in [5.74, 6) is -0.612. The highest BCUT2D eigenvalue weighted by Gasteiger charge is 2.38. The lowest BCUT2D eigenvalue weighted by Crippen LogP contribution is -2.34. The number of nitrogens with zero attached hydrogens (tertiary/aromatic N) is 6. The van der Waals surface area contributed by atoms with Crippen LogP contribution >= 0.6 is 0 Å². The van der Waals surface area contributed by atoms with Crippen molar-refractivity contribution in [2.24, 2.45) is 7.05 Å². The first-order valence-electron chi connectivity index (χ1n) is 11.6. The van der Waals surface area contributed by atoms with Crippen LogP contribution in [0.1, 0.15) is 30.1 Å². The highest BCUT2D eigenvalue weighted by Crippen LogP contribution is 2.28. The van der Waals surface area contributed by atoms with Crippen LogP contribution in [0.25, 0.3) is 16.8 Å². The number of aliphatic carboxylic acids is 1. The fraction of sp³-hybridized carbons (Fsp3) is 0.360. The summed E-state index contributed by atoms with van der Waals surface area (Å²) >= 11 is 0. The van der Waals surface area contributed by atoms with Crippen molar-refractivity contribution >= 4 is 11.6 Å². The van der Waals surface area contributed by atoms with E-state index < -0.39 is 12.1 Å². The summed E-state index contributed by atoms with van der Waals surface area (Å²) in [7, 11) is 3.65. The fourth-order valence-electron chi connectivity index (χ4n) is 4.27. The summed E-state index contributed by atoms with van der Waals surface area (Å²) in [4.78, 5) is 16.2. The van der Waals surface area contributed by atoms with Crippen LogP contribution in [0.2, 0.25) is 0 Å². The van der Waals surface area contributed by atoms with E-state index in [0.29, 0.717) is 5.92 Å². The van der Waals surface area contributed by atoms with Gasteiger partial charge in [-0.15, -0.1) is 0 Å². The summed E-state index contributed by atoms with van der Waals surface area (Å²) < 4.78 is 40.9. The summed E-state index contributed by atoms with van der Waals surface area (Å²) in [6.07, 6.45) is 3.30. The van der Waals surface area contributed by atoms with E-state index in [1.54, 1.807) is 7.11 Å². The van der Waals surface area contributed by atoms with Crippen LogP contribution in [0.3, 0.4) is 0 Å². The molecule has 1 N–H and O–H groups in total. The molecule has 1 aromatic carbocycles. The largest absolute Gasteiger partial charge is 0.497 e. The Balaban J connectivity index is 0.000000405. The van der Waals surface area contributed by atoms with E-state index >= 15 is 0 Å². The summed E-state index contributed by atoms with van der Waals surface area (Å²) in [5, 5.41) is 16.3. The van der Waals surface area contributed by atoms with Crippen LogP contribution < -0.4 is 4.74 Å². The number of rotatable bonds is 5. The molecule has 1 saturated heterocycles. The Morgan fingerprint density at radius 3 is 2.65 bits per heavy atom. The zero-order chi connectivity index (χ0) is 26.6. The van der Waals surface area contributed by atoms with Gasteiger partial charge in [-0.1, -0.05) is 12.1 Å². The molecule has 9 nitrogen and oxygen atoms in total. The minimum Gasteiger partial charge on any atom is -0.497 e. The van der Waals surface area contributed by atoms with Gasteiger partial charge in [0.25, 0.3) is 0 Å². The summed E-state index contributed by atoms with van der Waals surface area (Å²) in [5.41, 5.74) is 4.35. The zero-order valence-electron chi connectivity index (χ0n) is 20.4. The Kier molecular flexibility index (Phi) is 7.77. The average molecular weight is 517 g/mol. The summed E-state index contributed by atoms with van der Waals surface area (Å²) in [6.45, 7) is 3.02. The molecule has 1 unspecified atom stereocenters. The molecule has 5 rings (SSSR count). The van der Waals surface area contributed by atoms with E-state index in [1.165, 1.54) is 5.56 Å². The fourth-order valence-corrected chi connectivity index (χ4v) is 4.27. The first-order chi connectivity index (χ1) is 17.6. The molecular weight excluding hydrogens is 489 g/mol. The molecule has 12 heteroatoms. The number of halogens is 3. The van der Waals surface area contributed by atoms with Gasteiger partial charge in [0.15, 0.2) is 11.5 Å². The second kappa shape index (κ2) is 11.0. The van der Waals surface area contributed by atoms with Crippen molar-refractivity contribution in [3.63, 3.8) is 0 Å². The molecule has 1 aliphatic rings. The molecule has 0 spiro atoms. The molecule has 196 valence electrons. The van der Waals surface area contributed by atoms with Gasteiger partial charge in [-0.3, -0.25) is 9.58 Å². The van der Waals surface area contributed by atoms with Crippen molar-refractivity contribution in [1.29, 1.82) is 0 Å². The Morgan fingerprint density at radius 1 is 1.19 bits per heavy atom. The van der Waals surface area contributed by atoms with Crippen LogP contribution in [0.4, 0.5) is 13.2 Å². The molecule has 1 aliphatic heterocycles. The molecule has 1 atom stereocenters. The third-order valence-electron chi connectivity index (χ3n) is 6.03. The number of carbonyl (C=O) groups is 1. The van der Waals surface area contributed by atoms with E-state index in [9.17, 15) is 13.2 Å². The van der Waals surface area contributed by atoms with Gasteiger partial charge in [-0.05, 0) is 49.2 Å². The maximum atomic E-state index is 10.6. The molecule has 1 fully saturated rings. The van der Waals surface area contributed by atoms with E-state index in [-0.39, 0.29) is 0 Å². The zero-order valence-corrected chi connectivity index (χ0v) is 20.4. The minimum absolute atomic E-state index is 0.357. The maximum absolute atomic E-state index is 10.6. The Morgan fingerprint density at radius 2 is 1.97 bits per heavy atom. The molecule has 0 amide bonds. The number of hydrogen-bond donors (Lipinski definition) is 1. The number of hydrogen-bond acceptors (Lipinski definition) is 6. The number of methoxy groups -OCH3 is 1. The standard InChI is InChI=1S/C23H26N6O.C2HF3O2/c1-27-13-17(12-24-27)14-28-10-4-6-20(15-28)23-25-22-9-8-19(16-29(22)26-23)18-5-3-7-21(11-18)30-2;3-2(4,5)1(6)7/h3,5,7-9,11-13,16,20H,4,6,10,14-15H2,1-2H3;(H,6,7). The van der Waals surface area contributed by atoms with Gasteiger partial charge in [0.1, 0.15) is 5.75 Å². The van der Waals surface area contributed by atoms with E-state index in [4.69, 9.17) is 24.7 Å². The van der Waals surface area contributed by atoms with Crippen LogP contribution in [-0.4, -0.2) is 66.7 Å². The van der Waals surface area contributed by atoms with E-state index in [2.05, 4.69) is 34.5 Å². The number of piperidine rings is 1. The average Bonchev–Trinajstić information content (AvgIpc) is 3.49. The molecule has 0 bridgehead atoms. The van der Waals surface area contributed by atoms with E-state index in [1.807, 2.05) is 46.7 Å². The highest BCUT2D eigenvalue weighted by molar-refractivity contribution is 5.73. The summed E-state index contributed by atoms with van der Waals surface area (Å²) in [6, 6.07) is 12.2. The minimum atomic E-state index is -5.08. The molecule has 0 saturated carbocycles. The Labute approximate surface area is 211 Å². The molecule has 37 heavy (non-hydrogen) atoms. The van der Waals surface area contributed by atoms with Gasteiger partial charge in [0, 0.05) is 49.6 Å². The first-order valence-corrected chi connectivity index (χ1v) is 11.6. The molecular formula is C25H27F3N6O3. The van der Waals surface area contributed by atoms with Crippen LogP contribution in [0, 0.1) is 0 Å². The molecule has 4 heterocycles. The van der Waals surface area contributed by atoms with Gasteiger partial charge >= 0.3 is 12.1 Å². The number of likely N-dealkylation sites (tertiary alicyclic amines) is 1. The van der Waals surface area contributed by atoms with Crippen LogP contribution in [-0.2, 0) is 18.4 Å². The molecule has 4 aromatic rings. The van der Waals surface area contributed by atoms with Crippen molar-refractivity contribution in [3.05, 3.63) is 66.4 Å². The Hall–Kier alpha value is -3.93. The number of aryl methyl sites for hydroxylation is 1. The number of pyridine rings is 1. The van der Waals surface area contributed by atoms with Gasteiger partial charge < -0.3 is 9.84 Å². The molecule has 3 aromatic heterocycles. The quantitative estimate of drug-likeness (QED) is 0.426. The number of aromatic nitrogens is 5. The van der Waals surface area contributed by atoms with Crippen molar-refractivity contribution in [2.75, 3.05) is 20.2 Å². The number of ether oxygens (including phenoxy) is 1. The third kappa shape index (κ3) is 6.64. The van der Waals surface area contributed by atoms with Crippen LogP contribution in [0.5, 0.6) is 5.75 Å². The lowest BCUT2D eigenvalue weighted by Gasteiger charge is -2.30. The smallest absolute Gasteiger partial charge is 0.490 e. The van der Waals surface area contributed by atoms with Crippen molar-refractivity contribution in [1.82, 2.24) is 29.3 Å². The lowest BCUT2D eigenvalue weighted by molar-refractivity contribution is -0.192. The van der Waals surface area contributed by atoms with Crippen LogP contribution in [0.15, 0.2) is 55.0 Å². The number of alkyl halides is 3. The molecule has 0 radical (unpaired) electrons. The van der Waals surface area contributed by atoms with Gasteiger partial charge in [0.05, 0.1) is 13.3 Å². The first kappa shape index (κ1) is 26.1. The second-order valence-corrected chi connectivity index (χ2v) is 8.82. The normalized spacial score (nSPS) is 16.3. The Bertz CT molecular complexity index is 1370. The highest BCUT2D eigenvalue weighted by atomic mass is 19.4. The second-order valence-electron chi connectivity index (χ2n) is 8.82. The predicted molar refractivity (Wildman–Crippen MR) is 129 cm³/mol. The number of carboxylic acids is 1. The third-order valence-corrected chi connectivity index (χ3v) is 6.03. The van der Waals surface area contributed by atoms with Crippen molar-refractivity contribution < 1.29 is 27.8 Å². The SMILES string of the molecule is COc1cccc(-c2ccc3nc(C4CCCN(Cc5cnn(C)c5)C4)nn3c2)c1.O=C(O)C(F)(F)F. The molecule has 0 aliphatic carbocycles. The number of carboxylic acid groups (broad SMARTS) is 1.